The number of nitrogens with zero attached hydrogens (tertiary/aromatic N) is 1. The second-order valence-electron chi connectivity index (χ2n) is 6.77. The maximum Gasteiger partial charge on any atom is 0.251 e. The van der Waals surface area contributed by atoms with E-state index in [4.69, 9.17) is 0 Å². The van der Waals surface area contributed by atoms with Gasteiger partial charge in [0.15, 0.2) is 0 Å². The van der Waals surface area contributed by atoms with Gasteiger partial charge in [0.1, 0.15) is 0 Å². The molecular weight excluding hydrogens is 362 g/mol. The molecule has 1 saturated heterocycles. The molecule has 1 aliphatic rings. The fourth-order valence-corrected chi connectivity index (χ4v) is 3.81. The first kappa shape index (κ1) is 19.4. The lowest BCUT2D eigenvalue weighted by Gasteiger charge is -2.17. The number of sulfonamides is 1. The lowest BCUT2D eigenvalue weighted by Crippen LogP contribution is -2.37. The van der Waals surface area contributed by atoms with Crippen molar-refractivity contribution in [2.24, 2.45) is 0 Å². The minimum atomic E-state index is -3.36. The van der Waals surface area contributed by atoms with E-state index in [2.05, 4.69) is 27.1 Å². The normalized spacial score (nSPS) is 17.6. The third kappa shape index (κ3) is 5.55. The van der Waals surface area contributed by atoms with Crippen LogP contribution in [0.1, 0.15) is 29.3 Å². The van der Waals surface area contributed by atoms with Crippen molar-refractivity contribution in [3.05, 3.63) is 65.7 Å². The molecule has 1 fully saturated rings. The van der Waals surface area contributed by atoms with Crippen LogP contribution in [0.2, 0.25) is 0 Å². The van der Waals surface area contributed by atoms with Crippen molar-refractivity contribution < 1.29 is 13.2 Å². The molecule has 2 aromatic rings. The molecule has 1 amide bonds. The second-order valence-corrected chi connectivity index (χ2v) is 8.78. The molecule has 0 unspecified atom stereocenters. The number of hydrogen-bond donors (Lipinski definition) is 2. The van der Waals surface area contributed by atoms with Crippen molar-refractivity contribution in [2.45, 2.75) is 25.9 Å². The van der Waals surface area contributed by atoms with Crippen LogP contribution in [-0.4, -0.2) is 44.1 Å². The molecule has 1 aliphatic heterocycles. The molecule has 1 atom stereocenters. The predicted molar refractivity (Wildman–Crippen MR) is 107 cm³/mol. The van der Waals surface area contributed by atoms with E-state index < -0.39 is 10.0 Å². The van der Waals surface area contributed by atoms with E-state index >= 15 is 0 Å². The Labute approximate surface area is 160 Å². The van der Waals surface area contributed by atoms with Crippen molar-refractivity contribution in [1.29, 1.82) is 0 Å². The number of amides is 1. The maximum atomic E-state index is 12.5. The zero-order valence-corrected chi connectivity index (χ0v) is 16.2. The fourth-order valence-electron chi connectivity index (χ4n) is 3.18. The third-order valence-corrected chi connectivity index (χ3v) is 5.94. The Bertz CT molecular complexity index is 884. The van der Waals surface area contributed by atoms with Crippen molar-refractivity contribution in [3.8, 4) is 0 Å². The highest BCUT2D eigenvalue weighted by Crippen LogP contribution is 2.16. The molecule has 0 aliphatic carbocycles. The third-order valence-electron chi connectivity index (χ3n) is 4.63. The van der Waals surface area contributed by atoms with Gasteiger partial charge in [-0.25, -0.2) is 8.42 Å². The van der Waals surface area contributed by atoms with Gasteiger partial charge in [0, 0.05) is 36.9 Å². The molecular formula is C20H25N3O3S. The highest BCUT2D eigenvalue weighted by Gasteiger charge is 2.24. The van der Waals surface area contributed by atoms with Crippen molar-refractivity contribution >= 4 is 21.6 Å². The smallest absolute Gasteiger partial charge is 0.251 e. The number of rotatable bonds is 7. The minimum Gasteiger partial charge on any atom is -0.348 e. The van der Waals surface area contributed by atoms with Crippen molar-refractivity contribution in [1.82, 2.24) is 10.2 Å². The Morgan fingerprint density at radius 1 is 1.15 bits per heavy atom. The summed E-state index contributed by atoms with van der Waals surface area (Å²) in [6.07, 6.45) is 0.904. The van der Waals surface area contributed by atoms with Gasteiger partial charge in [0.25, 0.3) is 5.91 Å². The monoisotopic (exact) mass is 387 g/mol. The molecule has 0 saturated carbocycles. The van der Waals surface area contributed by atoms with Gasteiger partial charge in [-0.1, -0.05) is 36.4 Å². The Kier molecular flexibility index (Phi) is 6.13. The fraction of sp³-hybridized carbons (Fsp3) is 0.350. The first-order valence-corrected chi connectivity index (χ1v) is 10.8. The summed E-state index contributed by atoms with van der Waals surface area (Å²) < 4.78 is 25.9. The van der Waals surface area contributed by atoms with Gasteiger partial charge in [-0.2, -0.15) is 0 Å². The molecule has 0 spiro atoms. The zero-order valence-electron chi connectivity index (χ0n) is 15.4. The van der Waals surface area contributed by atoms with E-state index in [1.165, 1.54) is 5.56 Å². The van der Waals surface area contributed by atoms with E-state index in [1.54, 1.807) is 31.2 Å². The highest BCUT2D eigenvalue weighted by atomic mass is 32.2. The Balaban J connectivity index is 1.56. The Hall–Kier alpha value is -2.38. The maximum absolute atomic E-state index is 12.5. The number of carbonyl (C=O) groups excluding carboxylic acids is 1. The van der Waals surface area contributed by atoms with Gasteiger partial charge in [0.05, 0.1) is 5.75 Å². The van der Waals surface area contributed by atoms with Gasteiger partial charge in [-0.05, 0) is 37.1 Å². The van der Waals surface area contributed by atoms with Crippen LogP contribution >= 0.6 is 0 Å². The Morgan fingerprint density at radius 2 is 1.93 bits per heavy atom. The number of anilines is 1. The van der Waals surface area contributed by atoms with Crippen molar-refractivity contribution in [2.75, 3.05) is 23.6 Å². The molecule has 6 nitrogen and oxygen atoms in total. The van der Waals surface area contributed by atoms with Crippen molar-refractivity contribution in [3.63, 3.8) is 0 Å². The molecule has 0 aromatic heterocycles. The van der Waals surface area contributed by atoms with E-state index in [0.717, 1.165) is 26.1 Å². The van der Waals surface area contributed by atoms with Crippen LogP contribution in [0, 0.1) is 0 Å². The van der Waals surface area contributed by atoms with Gasteiger partial charge in [0.2, 0.25) is 10.0 Å². The lowest BCUT2D eigenvalue weighted by atomic mass is 10.1. The standard InChI is InChI=1S/C20H25N3O3S/c1-2-27(25,26)22-18-10-6-9-17(13-18)20(24)21-19-11-12-23(15-19)14-16-7-4-3-5-8-16/h3-10,13,19,22H,2,11-12,14-15H2,1H3,(H,21,24)/t19-/m1/s1. The van der Waals surface area contributed by atoms with Gasteiger partial charge in [-0.15, -0.1) is 0 Å². The molecule has 0 bridgehead atoms. The number of hydrogen-bond acceptors (Lipinski definition) is 4. The minimum absolute atomic E-state index is 0.0112. The summed E-state index contributed by atoms with van der Waals surface area (Å²) in [6.45, 7) is 4.20. The predicted octanol–water partition coefficient (Wildman–Crippen LogP) is 2.45. The summed E-state index contributed by atoms with van der Waals surface area (Å²) in [5.74, 6) is -0.193. The first-order valence-electron chi connectivity index (χ1n) is 9.13. The summed E-state index contributed by atoms with van der Waals surface area (Å²) in [5.41, 5.74) is 2.12. The number of nitrogens with one attached hydrogen (secondary N) is 2. The summed E-state index contributed by atoms with van der Waals surface area (Å²) in [4.78, 5) is 14.9. The number of benzene rings is 2. The van der Waals surface area contributed by atoms with Crippen LogP contribution < -0.4 is 10.0 Å². The van der Waals surface area contributed by atoms with E-state index in [-0.39, 0.29) is 17.7 Å². The van der Waals surface area contributed by atoms with Gasteiger partial charge in [-0.3, -0.25) is 14.4 Å². The van der Waals surface area contributed by atoms with Crippen LogP contribution in [0.15, 0.2) is 54.6 Å². The largest absolute Gasteiger partial charge is 0.348 e. The molecule has 1 heterocycles. The average molecular weight is 388 g/mol. The molecule has 2 N–H and O–H groups in total. The topological polar surface area (TPSA) is 78.5 Å². The van der Waals surface area contributed by atoms with Crippen LogP contribution in [0.25, 0.3) is 0 Å². The van der Waals surface area contributed by atoms with Crippen LogP contribution in [-0.2, 0) is 16.6 Å². The van der Waals surface area contributed by atoms with Crippen LogP contribution in [0.5, 0.6) is 0 Å². The van der Waals surface area contributed by atoms with Crippen LogP contribution in [0.4, 0.5) is 5.69 Å². The zero-order chi connectivity index (χ0) is 19.3. The molecule has 27 heavy (non-hydrogen) atoms. The van der Waals surface area contributed by atoms with E-state index in [0.29, 0.717) is 11.3 Å². The first-order chi connectivity index (χ1) is 12.9. The Morgan fingerprint density at radius 3 is 2.67 bits per heavy atom. The summed E-state index contributed by atoms with van der Waals surface area (Å²) in [5, 5.41) is 3.06. The molecule has 0 radical (unpaired) electrons. The highest BCUT2D eigenvalue weighted by molar-refractivity contribution is 7.92. The van der Waals surface area contributed by atoms with Gasteiger partial charge < -0.3 is 5.32 Å². The van der Waals surface area contributed by atoms with E-state index in [1.807, 2.05) is 18.2 Å². The summed E-state index contributed by atoms with van der Waals surface area (Å²) >= 11 is 0. The summed E-state index contributed by atoms with van der Waals surface area (Å²) in [7, 11) is -3.36. The lowest BCUT2D eigenvalue weighted by molar-refractivity contribution is 0.0937. The molecule has 2 aromatic carbocycles. The molecule has 3 rings (SSSR count). The summed E-state index contributed by atoms with van der Waals surface area (Å²) in [6, 6.07) is 17.0. The average Bonchev–Trinajstić information content (AvgIpc) is 3.09. The van der Waals surface area contributed by atoms with E-state index in [9.17, 15) is 13.2 Å². The number of carbonyl (C=O) groups is 1. The number of likely N-dealkylation sites (tertiary alicyclic amines) is 1. The quantitative estimate of drug-likeness (QED) is 0.765. The van der Waals surface area contributed by atoms with Crippen LogP contribution in [0.3, 0.4) is 0 Å². The van der Waals surface area contributed by atoms with Gasteiger partial charge >= 0.3 is 0 Å². The molecule has 7 heteroatoms. The SMILES string of the molecule is CCS(=O)(=O)Nc1cccc(C(=O)N[C@@H]2CCN(Cc3ccccc3)C2)c1. The second kappa shape index (κ2) is 8.54. The molecule has 144 valence electrons.